The standard InChI is InChI=1S/C18H19N5O/c1-14-20-16(15-5-3-2-4-6-15)13-17(21-14)22-9-11-23(12-10-22)18(24)7-8-19/h2-6,13H,7,9-12H2,1H3. The second kappa shape index (κ2) is 7.09. The number of nitrogens with zero attached hydrogens (tertiary/aromatic N) is 5. The highest BCUT2D eigenvalue weighted by atomic mass is 16.2. The van der Waals surface area contributed by atoms with Gasteiger partial charge in [-0.2, -0.15) is 5.26 Å². The van der Waals surface area contributed by atoms with Crippen molar-refractivity contribution in [1.29, 1.82) is 5.26 Å². The molecule has 1 aliphatic heterocycles. The lowest BCUT2D eigenvalue weighted by Gasteiger charge is -2.35. The SMILES string of the molecule is Cc1nc(-c2ccccc2)cc(N2CCN(C(=O)CC#N)CC2)n1. The Bertz CT molecular complexity index is 761. The van der Waals surface area contributed by atoms with Gasteiger partial charge in [0.05, 0.1) is 11.8 Å². The highest BCUT2D eigenvalue weighted by molar-refractivity contribution is 5.78. The molecule has 3 rings (SSSR count). The van der Waals surface area contributed by atoms with Gasteiger partial charge in [-0.1, -0.05) is 30.3 Å². The second-order valence-corrected chi connectivity index (χ2v) is 5.73. The van der Waals surface area contributed by atoms with Crippen LogP contribution in [-0.4, -0.2) is 47.0 Å². The molecule has 1 fully saturated rings. The highest BCUT2D eigenvalue weighted by Crippen LogP contribution is 2.22. The molecule has 122 valence electrons. The van der Waals surface area contributed by atoms with Crippen LogP contribution in [-0.2, 0) is 4.79 Å². The van der Waals surface area contributed by atoms with Gasteiger partial charge in [0.1, 0.15) is 18.1 Å². The molecule has 0 bridgehead atoms. The van der Waals surface area contributed by atoms with E-state index in [1.807, 2.05) is 49.4 Å². The smallest absolute Gasteiger partial charge is 0.236 e. The molecule has 1 aromatic heterocycles. The predicted molar refractivity (Wildman–Crippen MR) is 91.2 cm³/mol. The number of amides is 1. The average Bonchev–Trinajstić information content (AvgIpc) is 2.62. The number of aromatic nitrogens is 2. The van der Waals surface area contributed by atoms with E-state index < -0.39 is 0 Å². The minimum absolute atomic E-state index is 0.0508. The Morgan fingerprint density at radius 1 is 1.17 bits per heavy atom. The van der Waals surface area contributed by atoms with E-state index in [9.17, 15) is 4.79 Å². The Kier molecular flexibility index (Phi) is 4.71. The molecule has 1 saturated heterocycles. The van der Waals surface area contributed by atoms with E-state index in [1.165, 1.54) is 0 Å². The van der Waals surface area contributed by atoms with Crippen molar-refractivity contribution in [3.05, 3.63) is 42.2 Å². The van der Waals surface area contributed by atoms with E-state index in [0.29, 0.717) is 26.2 Å². The third-order valence-electron chi connectivity index (χ3n) is 4.08. The van der Waals surface area contributed by atoms with Crippen LogP contribution < -0.4 is 4.90 Å². The van der Waals surface area contributed by atoms with E-state index in [0.717, 1.165) is 22.9 Å². The summed E-state index contributed by atoms with van der Waals surface area (Å²) in [7, 11) is 0. The van der Waals surface area contributed by atoms with E-state index in [1.54, 1.807) is 4.90 Å². The van der Waals surface area contributed by atoms with Gasteiger partial charge in [0, 0.05) is 37.8 Å². The first kappa shape index (κ1) is 15.9. The molecule has 0 unspecified atom stereocenters. The number of piperazine rings is 1. The number of anilines is 1. The molecule has 1 amide bonds. The lowest BCUT2D eigenvalue weighted by molar-refractivity contribution is -0.130. The number of hydrogen-bond donors (Lipinski definition) is 0. The van der Waals surface area contributed by atoms with Crippen LogP contribution in [0.2, 0.25) is 0 Å². The number of rotatable bonds is 3. The molecule has 0 spiro atoms. The Balaban J connectivity index is 1.76. The summed E-state index contributed by atoms with van der Waals surface area (Å²) >= 11 is 0. The quantitative estimate of drug-likeness (QED) is 0.864. The first-order valence-corrected chi connectivity index (χ1v) is 7.98. The van der Waals surface area contributed by atoms with Crippen molar-refractivity contribution in [2.45, 2.75) is 13.3 Å². The van der Waals surface area contributed by atoms with Gasteiger partial charge in [-0.25, -0.2) is 9.97 Å². The number of hydrogen-bond acceptors (Lipinski definition) is 5. The summed E-state index contributed by atoms with van der Waals surface area (Å²) in [6, 6.07) is 13.9. The first-order valence-electron chi connectivity index (χ1n) is 7.98. The molecule has 0 atom stereocenters. The topological polar surface area (TPSA) is 73.1 Å². The summed E-state index contributed by atoms with van der Waals surface area (Å²) in [5.41, 5.74) is 1.97. The molecule has 0 radical (unpaired) electrons. The average molecular weight is 321 g/mol. The first-order chi connectivity index (χ1) is 11.7. The fourth-order valence-electron chi connectivity index (χ4n) is 2.84. The van der Waals surface area contributed by atoms with Gasteiger partial charge < -0.3 is 9.80 Å². The van der Waals surface area contributed by atoms with Gasteiger partial charge in [-0.3, -0.25) is 4.79 Å². The Labute approximate surface area is 141 Å². The molecule has 2 heterocycles. The number of aryl methyl sites for hydroxylation is 1. The summed E-state index contributed by atoms with van der Waals surface area (Å²) in [6.07, 6.45) is -0.0508. The lowest BCUT2D eigenvalue weighted by Crippen LogP contribution is -2.49. The molecule has 0 N–H and O–H groups in total. The number of nitriles is 1. The molecule has 1 aromatic carbocycles. The van der Waals surface area contributed by atoms with Crippen molar-refractivity contribution >= 4 is 11.7 Å². The maximum absolute atomic E-state index is 11.8. The van der Waals surface area contributed by atoms with Crippen molar-refractivity contribution in [1.82, 2.24) is 14.9 Å². The molecule has 0 aliphatic carbocycles. The summed E-state index contributed by atoms with van der Waals surface area (Å²) in [5, 5.41) is 8.64. The monoisotopic (exact) mass is 321 g/mol. The molecule has 24 heavy (non-hydrogen) atoms. The lowest BCUT2D eigenvalue weighted by atomic mass is 10.1. The van der Waals surface area contributed by atoms with Crippen molar-refractivity contribution in [3.63, 3.8) is 0 Å². The van der Waals surface area contributed by atoms with Crippen LogP contribution in [0.1, 0.15) is 12.2 Å². The third-order valence-corrected chi connectivity index (χ3v) is 4.08. The molecule has 0 saturated carbocycles. The fraction of sp³-hybridized carbons (Fsp3) is 0.333. The minimum Gasteiger partial charge on any atom is -0.353 e. The van der Waals surface area contributed by atoms with Crippen LogP contribution in [0, 0.1) is 18.3 Å². The van der Waals surface area contributed by atoms with Crippen LogP contribution in [0.25, 0.3) is 11.3 Å². The van der Waals surface area contributed by atoms with E-state index in [2.05, 4.69) is 14.9 Å². The van der Waals surface area contributed by atoms with Gasteiger partial charge in [0.25, 0.3) is 0 Å². The maximum atomic E-state index is 11.8. The fourth-order valence-corrected chi connectivity index (χ4v) is 2.84. The van der Waals surface area contributed by atoms with E-state index in [4.69, 9.17) is 5.26 Å². The largest absolute Gasteiger partial charge is 0.353 e. The normalized spacial score (nSPS) is 14.3. The van der Waals surface area contributed by atoms with Crippen LogP contribution in [0.15, 0.2) is 36.4 Å². The van der Waals surface area contributed by atoms with Crippen LogP contribution >= 0.6 is 0 Å². The van der Waals surface area contributed by atoms with Crippen LogP contribution in [0.5, 0.6) is 0 Å². The maximum Gasteiger partial charge on any atom is 0.236 e. The summed E-state index contributed by atoms with van der Waals surface area (Å²) in [5.74, 6) is 1.52. The number of carbonyl (C=O) groups is 1. The second-order valence-electron chi connectivity index (χ2n) is 5.73. The molecule has 1 aliphatic rings. The number of benzene rings is 1. The molecule has 2 aromatic rings. The molecular weight excluding hydrogens is 302 g/mol. The van der Waals surface area contributed by atoms with Crippen molar-refractivity contribution in [3.8, 4) is 17.3 Å². The Morgan fingerprint density at radius 2 is 1.88 bits per heavy atom. The number of carbonyl (C=O) groups excluding carboxylic acids is 1. The van der Waals surface area contributed by atoms with Crippen molar-refractivity contribution in [2.75, 3.05) is 31.1 Å². The zero-order valence-electron chi connectivity index (χ0n) is 13.6. The van der Waals surface area contributed by atoms with Crippen LogP contribution in [0.3, 0.4) is 0 Å². The summed E-state index contributed by atoms with van der Waals surface area (Å²) in [6.45, 7) is 4.54. The molecular formula is C18H19N5O. The summed E-state index contributed by atoms with van der Waals surface area (Å²) in [4.78, 5) is 24.8. The van der Waals surface area contributed by atoms with Crippen LogP contribution in [0.4, 0.5) is 5.82 Å². The van der Waals surface area contributed by atoms with E-state index >= 15 is 0 Å². The zero-order valence-corrected chi connectivity index (χ0v) is 13.6. The molecule has 6 nitrogen and oxygen atoms in total. The minimum atomic E-state index is -0.0963. The third kappa shape index (κ3) is 3.51. The zero-order chi connectivity index (χ0) is 16.9. The van der Waals surface area contributed by atoms with Gasteiger partial charge in [0.2, 0.25) is 5.91 Å². The predicted octanol–water partition coefficient (Wildman–Crippen LogP) is 2.01. The summed E-state index contributed by atoms with van der Waals surface area (Å²) < 4.78 is 0. The Hall–Kier alpha value is -2.94. The van der Waals surface area contributed by atoms with Gasteiger partial charge in [0.15, 0.2) is 0 Å². The van der Waals surface area contributed by atoms with Crippen molar-refractivity contribution in [2.24, 2.45) is 0 Å². The van der Waals surface area contributed by atoms with Gasteiger partial charge in [-0.05, 0) is 6.92 Å². The van der Waals surface area contributed by atoms with Gasteiger partial charge in [-0.15, -0.1) is 0 Å². The van der Waals surface area contributed by atoms with Crippen molar-refractivity contribution < 1.29 is 4.79 Å². The Morgan fingerprint density at radius 3 is 2.54 bits per heavy atom. The van der Waals surface area contributed by atoms with Gasteiger partial charge >= 0.3 is 0 Å². The highest BCUT2D eigenvalue weighted by Gasteiger charge is 2.22. The van der Waals surface area contributed by atoms with E-state index in [-0.39, 0.29) is 12.3 Å². The molecule has 6 heteroatoms.